The fourth-order valence-corrected chi connectivity index (χ4v) is 5.01. The van der Waals surface area contributed by atoms with E-state index in [4.69, 9.17) is 0 Å². The van der Waals surface area contributed by atoms with Gasteiger partial charge in [-0.15, -0.1) is 0 Å². The average molecular weight is 228 g/mol. The van der Waals surface area contributed by atoms with Gasteiger partial charge in [-0.1, -0.05) is 5.73 Å². The minimum Gasteiger partial charge on any atom is -0.197 e. The maximum absolute atomic E-state index is 12.9. The first-order chi connectivity index (χ1) is 8.29. The number of rotatable bonds is 1. The first kappa shape index (κ1) is 9.95. The van der Waals surface area contributed by atoms with Gasteiger partial charge in [0.1, 0.15) is 0 Å². The standard InChI is InChI=1S/C16H17F/c17-15-3-1-12(2-4-15)16-13-6-10-5-11(8-13)9-14(16)7-10/h1,3,10-11,13-14,16H,5-9H2. The summed E-state index contributed by atoms with van der Waals surface area (Å²) in [4.78, 5) is 0. The van der Waals surface area contributed by atoms with Crippen LogP contribution in [0.4, 0.5) is 4.39 Å². The van der Waals surface area contributed by atoms with Gasteiger partial charge < -0.3 is 0 Å². The predicted octanol–water partition coefficient (Wildman–Crippen LogP) is 4.16. The molecule has 4 bridgehead atoms. The Balaban J connectivity index is 1.72. The normalized spacial score (nSPS) is 46.1. The summed E-state index contributed by atoms with van der Waals surface area (Å²) >= 11 is 0. The van der Waals surface area contributed by atoms with E-state index in [1.807, 2.05) is 6.08 Å². The van der Waals surface area contributed by atoms with Crippen molar-refractivity contribution in [3.05, 3.63) is 35.0 Å². The molecule has 5 aliphatic rings. The highest BCUT2D eigenvalue weighted by molar-refractivity contribution is 5.32. The lowest BCUT2D eigenvalue weighted by Gasteiger charge is -2.54. The molecule has 0 aromatic carbocycles. The molecule has 0 radical (unpaired) electrons. The SMILES string of the molecule is FC1=C=C=C(C2C3CC4CC(C3)CC2C4)C=C1. The summed E-state index contributed by atoms with van der Waals surface area (Å²) in [5.74, 6) is 4.07. The maximum atomic E-state index is 12.9. The topological polar surface area (TPSA) is 0 Å². The second-order valence-corrected chi connectivity index (χ2v) is 6.34. The van der Waals surface area contributed by atoms with Gasteiger partial charge in [0.05, 0.1) is 0 Å². The summed E-state index contributed by atoms with van der Waals surface area (Å²) in [6, 6.07) is 0. The van der Waals surface area contributed by atoms with Gasteiger partial charge in [0.2, 0.25) is 0 Å². The van der Waals surface area contributed by atoms with E-state index in [1.165, 1.54) is 37.7 Å². The highest BCUT2D eigenvalue weighted by Gasteiger charge is 2.48. The molecule has 0 aromatic rings. The summed E-state index contributed by atoms with van der Waals surface area (Å²) in [5, 5.41) is 0. The largest absolute Gasteiger partial charge is 0.197 e. The van der Waals surface area contributed by atoms with Crippen LogP contribution in [-0.4, -0.2) is 0 Å². The summed E-state index contributed by atoms with van der Waals surface area (Å²) in [6.45, 7) is 0. The average Bonchev–Trinajstić information content (AvgIpc) is 2.30. The van der Waals surface area contributed by atoms with Gasteiger partial charge >= 0.3 is 0 Å². The Labute approximate surface area is 102 Å². The van der Waals surface area contributed by atoms with Crippen LogP contribution in [0.2, 0.25) is 0 Å². The van der Waals surface area contributed by atoms with Gasteiger partial charge in [-0.05, 0) is 79.6 Å². The van der Waals surface area contributed by atoms with Crippen LogP contribution in [0.25, 0.3) is 0 Å². The van der Waals surface area contributed by atoms with E-state index in [0.717, 1.165) is 23.7 Å². The summed E-state index contributed by atoms with van der Waals surface area (Å²) in [7, 11) is 0. The predicted molar refractivity (Wildman–Crippen MR) is 64.8 cm³/mol. The van der Waals surface area contributed by atoms with E-state index in [0.29, 0.717) is 5.92 Å². The van der Waals surface area contributed by atoms with Crippen LogP contribution in [0.15, 0.2) is 35.0 Å². The van der Waals surface area contributed by atoms with Crippen molar-refractivity contribution >= 4 is 0 Å². The molecule has 0 nitrogen and oxygen atoms in total. The number of allylic oxidation sites excluding steroid dienone is 4. The Morgan fingerprint density at radius 2 is 1.53 bits per heavy atom. The molecule has 0 unspecified atom stereocenters. The van der Waals surface area contributed by atoms with Gasteiger partial charge in [-0.25, -0.2) is 0 Å². The van der Waals surface area contributed by atoms with E-state index in [2.05, 4.69) is 11.5 Å². The van der Waals surface area contributed by atoms with Crippen LogP contribution in [0.3, 0.4) is 0 Å². The molecule has 5 rings (SSSR count). The number of hydrogen-bond donors (Lipinski definition) is 0. The zero-order valence-electron chi connectivity index (χ0n) is 9.95. The van der Waals surface area contributed by atoms with Crippen LogP contribution in [0.1, 0.15) is 32.1 Å². The zero-order chi connectivity index (χ0) is 11.4. The van der Waals surface area contributed by atoms with Crippen LogP contribution in [0.5, 0.6) is 0 Å². The van der Waals surface area contributed by atoms with Crippen molar-refractivity contribution in [2.45, 2.75) is 32.1 Å². The third-order valence-electron chi connectivity index (χ3n) is 5.32. The molecule has 0 N–H and O–H groups in total. The van der Waals surface area contributed by atoms with Crippen molar-refractivity contribution in [3.63, 3.8) is 0 Å². The summed E-state index contributed by atoms with van der Waals surface area (Å²) in [6.07, 6.45) is 10.6. The van der Waals surface area contributed by atoms with E-state index < -0.39 is 0 Å². The van der Waals surface area contributed by atoms with E-state index in [-0.39, 0.29) is 5.83 Å². The van der Waals surface area contributed by atoms with Crippen molar-refractivity contribution in [1.29, 1.82) is 0 Å². The summed E-state index contributed by atoms with van der Waals surface area (Å²) < 4.78 is 12.9. The highest BCUT2D eigenvalue weighted by Crippen LogP contribution is 2.58. The molecular formula is C16H17F. The fourth-order valence-electron chi connectivity index (χ4n) is 5.01. The minimum atomic E-state index is -0.280. The van der Waals surface area contributed by atoms with Crippen LogP contribution in [0, 0.1) is 29.6 Å². The molecule has 0 atom stereocenters. The van der Waals surface area contributed by atoms with Crippen molar-refractivity contribution in [2.24, 2.45) is 29.6 Å². The Hall–Kier alpha value is -1.03. The van der Waals surface area contributed by atoms with Gasteiger partial charge in [0.25, 0.3) is 0 Å². The Bertz CT molecular complexity index is 456. The maximum Gasteiger partial charge on any atom is 0.173 e. The van der Waals surface area contributed by atoms with Crippen molar-refractivity contribution in [2.75, 3.05) is 0 Å². The van der Waals surface area contributed by atoms with Gasteiger partial charge in [-0.2, -0.15) is 4.39 Å². The molecule has 0 aliphatic heterocycles. The van der Waals surface area contributed by atoms with Crippen molar-refractivity contribution < 1.29 is 4.39 Å². The molecule has 4 fully saturated rings. The highest BCUT2D eigenvalue weighted by atomic mass is 19.1. The quantitative estimate of drug-likeness (QED) is 0.591. The minimum absolute atomic E-state index is 0.280. The molecule has 0 spiro atoms. The van der Waals surface area contributed by atoms with Crippen LogP contribution < -0.4 is 0 Å². The Kier molecular flexibility index (Phi) is 2.04. The first-order valence-corrected chi connectivity index (χ1v) is 6.89. The van der Waals surface area contributed by atoms with Crippen molar-refractivity contribution in [1.82, 2.24) is 0 Å². The molecule has 88 valence electrons. The third kappa shape index (κ3) is 1.50. The van der Waals surface area contributed by atoms with Gasteiger partial charge in [-0.3, -0.25) is 0 Å². The fraction of sp³-hybridized carbons (Fsp3) is 0.625. The second kappa shape index (κ2) is 3.48. The van der Waals surface area contributed by atoms with Crippen LogP contribution in [-0.2, 0) is 0 Å². The number of halogens is 1. The van der Waals surface area contributed by atoms with Crippen molar-refractivity contribution in [3.8, 4) is 0 Å². The van der Waals surface area contributed by atoms with Gasteiger partial charge in [0.15, 0.2) is 5.83 Å². The Morgan fingerprint density at radius 3 is 2.06 bits per heavy atom. The molecule has 0 saturated heterocycles. The molecule has 0 heterocycles. The smallest absolute Gasteiger partial charge is 0.173 e. The lowest BCUT2D eigenvalue weighted by molar-refractivity contribution is -0.0193. The monoisotopic (exact) mass is 228 g/mol. The molecular weight excluding hydrogens is 211 g/mol. The summed E-state index contributed by atoms with van der Waals surface area (Å²) in [5.41, 5.74) is 6.90. The third-order valence-corrected chi connectivity index (χ3v) is 5.32. The Morgan fingerprint density at radius 1 is 0.882 bits per heavy atom. The lowest BCUT2D eigenvalue weighted by atomic mass is 9.50. The molecule has 4 saturated carbocycles. The van der Waals surface area contributed by atoms with E-state index in [1.54, 1.807) is 6.08 Å². The molecule has 1 heteroatoms. The molecule has 0 aromatic heterocycles. The number of hydrogen-bond acceptors (Lipinski definition) is 0. The van der Waals surface area contributed by atoms with Crippen LogP contribution >= 0.6 is 0 Å². The molecule has 17 heavy (non-hydrogen) atoms. The second-order valence-electron chi connectivity index (χ2n) is 6.34. The van der Waals surface area contributed by atoms with E-state index >= 15 is 0 Å². The van der Waals surface area contributed by atoms with E-state index in [9.17, 15) is 4.39 Å². The zero-order valence-corrected chi connectivity index (χ0v) is 9.95. The first-order valence-electron chi connectivity index (χ1n) is 6.89. The molecule has 0 amide bonds. The lowest BCUT2D eigenvalue weighted by Crippen LogP contribution is -2.45. The molecule has 5 aliphatic carbocycles. The van der Waals surface area contributed by atoms with Gasteiger partial charge in [0, 0.05) is 5.57 Å².